The molecule has 3 nitrogen and oxygen atoms in total. The van der Waals surface area contributed by atoms with E-state index >= 15 is 0 Å². The molecule has 1 aliphatic rings. The number of ether oxygens (including phenoxy) is 1. The number of halogens is 1. The average Bonchev–Trinajstić information content (AvgIpc) is 2.95. The van der Waals surface area contributed by atoms with Crippen LogP contribution in [-0.4, -0.2) is 12.5 Å². The predicted octanol–water partition coefficient (Wildman–Crippen LogP) is 3.25. The third-order valence-electron chi connectivity index (χ3n) is 3.67. The summed E-state index contributed by atoms with van der Waals surface area (Å²) in [4.78, 5) is 12.3. The van der Waals surface area contributed by atoms with Crippen molar-refractivity contribution < 1.29 is 13.9 Å². The van der Waals surface area contributed by atoms with Crippen LogP contribution >= 0.6 is 0 Å². The van der Waals surface area contributed by atoms with E-state index in [-0.39, 0.29) is 17.8 Å². The lowest BCUT2D eigenvalue weighted by molar-refractivity contribution is 0.0940. The molecule has 1 unspecified atom stereocenters. The molecule has 4 heteroatoms. The molecule has 0 bridgehead atoms. The maximum Gasteiger partial charge on any atom is 0.251 e. The molecular weight excluding hydrogens is 269 g/mol. The van der Waals surface area contributed by atoms with Gasteiger partial charge in [-0.3, -0.25) is 4.79 Å². The Morgan fingerprint density at radius 1 is 1.24 bits per heavy atom. The predicted molar refractivity (Wildman–Crippen MR) is 77.9 cm³/mol. The van der Waals surface area contributed by atoms with Crippen LogP contribution in [0, 0.1) is 5.82 Å². The van der Waals surface area contributed by atoms with Crippen LogP contribution in [0.3, 0.4) is 0 Å². The first-order chi connectivity index (χ1) is 10.1. The van der Waals surface area contributed by atoms with Gasteiger partial charge in [0.2, 0.25) is 0 Å². The summed E-state index contributed by atoms with van der Waals surface area (Å²) in [6.07, 6.45) is 0.837. The Morgan fingerprint density at radius 2 is 2.00 bits per heavy atom. The van der Waals surface area contributed by atoms with Crippen LogP contribution in [0.4, 0.5) is 4.39 Å². The molecule has 3 rings (SSSR count). The van der Waals surface area contributed by atoms with Crippen LogP contribution in [-0.2, 0) is 6.42 Å². The zero-order valence-electron chi connectivity index (χ0n) is 11.7. The van der Waals surface area contributed by atoms with Gasteiger partial charge < -0.3 is 10.1 Å². The highest BCUT2D eigenvalue weighted by atomic mass is 19.1. The average molecular weight is 285 g/mol. The van der Waals surface area contributed by atoms with Crippen LogP contribution in [0.15, 0.2) is 42.5 Å². The van der Waals surface area contributed by atoms with Gasteiger partial charge in [0, 0.05) is 12.0 Å². The Labute approximate surface area is 122 Å². The lowest BCUT2D eigenvalue weighted by atomic mass is 10.1. The van der Waals surface area contributed by atoms with E-state index in [0.717, 1.165) is 23.3 Å². The number of hydrogen-bond donors (Lipinski definition) is 1. The molecule has 0 spiro atoms. The molecule has 1 atom stereocenters. The molecule has 2 aromatic rings. The van der Waals surface area contributed by atoms with E-state index in [0.29, 0.717) is 12.2 Å². The monoisotopic (exact) mass is 285 g/mol. The first-order valence-corrected chi connectivity index (χ1v) is 6.95. The van der Waals surface area contributed by atoms with Crippen LogP contribution < -0.4 is 10.1 Å². The van der Waals surface area contributed by atoms with E-state index in [1.807, 2.05) is 19.1 Å². The number of carbonyl (C=O) groups is 1. The van der Waals surface area contributed by atoms with Crippen LogP contribution in [0.2, 0.25) is 0 Å². The highest BCUT2D eigenvalue weighted by Crippen LogP contribution is 2.26. The van der Waals surface area contributed by atoms with Crippen molar-refractivity contribution in [1.82, 2.24) is 5.32 Å². The number of benzene rings is 2. The van der Waals surface area contributed by atoms with Crippen molar-refractivity contribution in [3.8, 4) is 5.75 Å². The van der Waals surface area contributed by atoms with E-state index in [1.54, 1.807) is 18.2 Å². The highest BCUT2D eigenvalue weighted by molar-refractivity contribution is 5.94. The van der Waals surface area contributed by atoms with E-state index in [2.05, 4.69) is 5.32 Å². The molecule has 108 valence electrons. The molecule has 21 heavy (non-hydrogen) atoms. The summed E-state index contributed by atoms with van der Waals surface area (Å²) in [6.45, 7) is 2.55. The maximum absolute atomic E-state index is 12.9. The first-order valence-electron chi connectivity index (χ1n) is 6.95. The third-order valence-corrected chi connectivity index (χ3v) is 3.67. The van der Waals surface area contributed by atoms with Gasteiger partial charge in [-0.1, -0.05) is 12.1 Å². The molecule has 0 radical (unpaired) electrons. The normalized spacial score (nSPS) is 14.2. The number of hydrogen-bond acceptors (Lipinski definition) is 2. The zero-order chi connectivity index (χ0) is 14.8. The summed E-state index contributed by atoms with van der Waals surface area (Å²) in [7, 11) is 0. The van der Waals surface area contributed by atoms with Crippen molar-refractivity contribution in [2.75, 3.05) is 6.61 Å². The quantitative estimate of drug-likeness (QED) is 0.940. The van der Waals surface area contributed by atoms with Gasteiger partial charge in [-0.15, -0.1) is 0 Å². The molecule has 1 N–H and O–H groups in total. The molecule has 0 fully saturated rings. The summed E-state index contributed by atoms with van der Waals surface area (Å²) in [5.41, 5.74) is 2.56. The second-order valence-electron chi connectivity index (χ2n) is 5.17. The minimum absolute atomic E-state index is 0.137. The lowest BCUT2D eigenvalue weighted by Gasteiger charge is -2.14. The lowest BCUT2D eigenvalue weighted by Crippen LogP contribution is -2.26. The SMILES string of the molecule is CC(NC(=O)c1ccc2c(c1)CCO2)c1ccc(F)cc1. The molecule has 0 saturated carbocycles. The Kier molecular flexibility index (Phi) is 3.60. The van der Waals surface area contributed by atoms with Crippen LogP contribution in [0.5, 0.6) is 5.75 Å². The fourth-order valence-corrected chi connectivity index (χ4v) is 2.44. The number of carbonyl (C=O) groups excluding carboxylic acids is 1. The Bertz CT molecular complexity index is 667. The molecule has 0 saturated heterocycles. The van der Waals surface area contributed by atoms with Gasteiger partial charge in [-0.25, -0.2) is 4.39 Å². The van der Waals surface area contributed by atoms with Gasteiger partial charge in [0.15, 0.2) is 0 Å². The number of nitrogens with one attached hydrogen (secondary N) is 1. The van der Waals surface area contributed by atoms with Crippen molar-refractivity contribution in [2.45, 2.75) is 19.4 Å². The molecule has 0 aliphatic carbocycles. The summed E-state index contributed by atoms with van der Waals surface area (Å²) in [5, 5.41) is 2.92. The topological polar surface area (TPSA) is 38.3 Å². The smallest absolute Gasteiger partial charge is 0.251 e. The Balaban J connectivity index is 1.72. The van der Waals surface area contributed by atoms with Gasteiger partial charge in [0.25, 0.3) is 5.91 Å². The summed E-state index contributed by atoms with van der Waals surface area (Å²) >= 11 is 0. The van der Waals surface area contributed by atoms with Crippen molar-refractivity contribution >= 4 is 5.91 Å². The van der Waals surface area contributed by atoms with E-state index < -0.39 is 0 Å². The minimum Gasteiger partial charge on any atom is -0.493 e. The summed E-state index contributed by atoms with van der Waals surface area (Å²) in [6, 6.07) is 11.4. The molecule has 0 aromatic heterocycles. The van der Waals surface area contributed by atoms with Crippen LogP contribution in [0.25, 0.3) is 0 Å². The molecule has 1 amide bonds. The molecular formula is C17H16FNO2. The van der Waals surface area contributed by atoms with Gasteiger partial charge >= 0.3 is 0 Å². The molecule has 2 aromatic carbocycles. The van der Waals surface area contributed by atoms with Gasteiger partial charge in [-0.05, 0) is 48.4 Å². The van der Waals surface area contributed by atoms with E-state index in [1.165, 1.54) is 12.1 Å². The third kappa shape index (κ3) is 2.89. The second kappa shape index (κ2) is 5.56. The number of amides is 1. The first kappa shape index (κ1) is 13.6. The molecule has 1 heterocycles. The Morgan fingerprint density at radius 3 is 2.76 bits per heavy atom. The van der Waals surface area contributed by atoms with Crippen molar-refractivity contribution in [3.05, 3.63) is 65.0 Å². The van der Waals surface area contributed by atoms with E-state index in [4.69, 9.17) is 4.74 Å². The maximum atomic E-state index is 12.9. The Hall–Kier alpha value is -2.36. The van der Waals surface area contributed by atoms with Crippen LogP contribution in [0.1, 0.15) is 34.5 Å². The zero-order valence-corrected chi connectivity index (χ0v) is 11.7. The molecule has 1 aliphatic heterocycles. The standard InChI is InChI=1S/C17H16FNO2/c1-11(12-2-5-15(18)6-3-12)19-17(20)14-4-7-16-13(10-14)8-9-21-16/h2-7,10-11H,8-9H2,1H3,(H,19,20). The fraction of sp³-hybridized carbons (Fsp3) is 0.235. The van der Waals surface area contributed by atoms with Crippen molar-refractivity contribution in [3.63, 3.8) is 0 Å². The number of rotatable bonds is 3. The van der Waals surface area contributed by atoms with Crippen molar-refractivity contribution in [1.29, 1.82) is 0 Å². The second-order valence-corrected chi connectivity index (χ2v) is 5.17. The van der Waals surface area contributed by atoms with Gasteiger partial charge in [0.05, 0.1) is 12.6 Å². The fourth-order valence-electron chi connectivity index (χ4n) is 2.44. The summed E-state index contributed by atoms with van der Waals surface area (Å²) < 4.78 is 18.3. The number of fused-ring (bicyclic) bond motifs is 1. The van der Waals surface area contributed by atoms with Gasteiger partial charge in [0.1, 0.15) is 11.6 Å². The largest absolute Gasteiger partial charge is 0.493 e. The van der Waals surface area contributed by atoms with Crippen molar-refractivity contribution in [2.24, 2.45) is 0 Å². The summed E-state index contributed by atoms with van der Waals surface area (Å²) in [5.74, 6) is 0.440. The highest BCUT2D eigenvalue weighted by Gasteiger charge is 2.16. The minimum atomic E-state index is -0.282. The van der Waals surface area contributed by atoms with Gasteiger partial charge in [-0.2, -0.15) is 0 Å². The van der Waals surface area contributed by atoms with E-state index in [9.17, 15) is 9.18 Å².